The van der Waals surface area contributed by atoms with Gasteiger partial charge in [-0.15, -0.1) is 0 Å². The molecule has 2 rings (SSSR count). The van der Waals surface area contributed by atoms with Crippen LogP contribution in [-0.2, 0) is 0 Å². The van der Waals surface area contributed by atoms with E-state index in [0.717, 1.165) is 13.1 Å². The summed E-state index contributed by atoms with van der Waals surface area (Å²) in [5.41, 5.74) is 0.510. The Morgan fingerprint density at radius 1 is 1.41 bits per heavy atom. The van der Waals surface area contributed by atoms with Gasteiger partial charge in [0.25, 0.3) is 5.91 Å². The summed E-state index contributed by atoms with van der Waals surface area (Å²) in [6.07, 6.45) is 2.78. The molecule has 3 nitrogen and oxygen atoms in total. The maximum atomic E-state index is 12.3. The molecule has 1 amide bonds. The van der Waals surface area contributed by atoms with Crippen LogP contribution < -0.4 is 0 Å². The first-order valence-corrected chi connectivity index (χ1v) is 6.35. The second-order valence-corrected chi connectivity index (χ2v) is 5.36. The smallest absolute Gasteiger partial charge is 0.257 e. The van der Waals surface area contributed by atoms with Gasteiger partial charge in [-0.25, -0.2) is 4.98 Å². The highest BCUT2D eigenvalue weighted by atomic mass is 35.5. The third kappa shape index (κ3) is 2.78. The predicted molar refractivity (Wildman–Crippen MR) is 68.1 cm³/mol. The second-order valence-electron chi connectivity index (χ2n) is 5.00. The molecule has 17 heavy (non-hydrogen) atoms. The van der Waals surface area contributed by atoms with Gasteiger partial charge in [0.05, 0.1) is 5.56 Å². The average Bonchev–Trinajstić information content (AvgIpc) is 2.27. The number of hydrogen-bond acceptors (Lipinski definition) is 2. The average molecular weight is 253 g/mol. The van der Waals surface area contributed by atoms with Crippen molar-refractivity contribution in [2.75, 3.05) is 13.1 Å². The third-order valence-electron chi connectivity index (χ3n) is 3.15. The minimum Gasteiger partial charge on any atom is -0.338 e. The first-order chi connectivity index (χ1) is 8.08. The summed E-state index contributed by atoms with van der Waals surface area (Å²) in [6, 6.07) is 3.48. The van der Waals surface area contributed by atoms with E-state index in [0.29, 0.717) is 22.6 Å². The molecule has 0 saturated carbocycles. The van der Waals surface area contributed by atoms with Gasteiger partial charge in [-0.05, 0) is 30.4 Å². The highest BCUT2D eigenvalue weighted by molar-refractivity contribution is 6.32. The predicted octanol–water partition coefficient (Wildman–Crippen LogP) is 2.85. The van der Waals surface area contributed by atoms with E-state index in [1.165, 1.54) is 6.42 Å². The summed E-state index contributed by atoms with van der Waals surface area (Å²) in [4.78, 5) is 18.2. The van der Waals surface area contributed by atoms with Crippen molar-refractivity contribution in [3.63, 3.8) is 0 Å². The summed E-state index contributed by atoms with van der Waals surface area (Å²) < 4.78 is 0. The number of carbonyl (C=O) groups excluding carboxylic acids is 1. The van der Waals surface area contributed by atoms with E-state index in [4.69, 9.17) is 11.6 Å². The molecule has 1 aromatic heterocycles. The van der Waals surface area contributed by atoms with Gasteiger partial charge in [0.15, 0.2) is 0 Å². The number of halogens is 1. The highest BCUT2D eigenvalue weighted by Crippen LogP contribution is 2.23. The molecular formula is C13H17ClN2O. The monoisotopic (exact) mass is 252 g/mol. The van der Waals surface area contributed by atoms with Crippen molar-refractivity contribution in [3.8, 4) is 0 Å². The Bertz CT molecular complexity index is 412. The van der Waals surface area contributed by atoms with Crippen LogP contribution in [-0.4, -0.2) is 28.9 Å². The van der Waals surface area contributed by atoms with Crippen LogP contribution in [0.5, 0.6) is 0 Å². The molecule has 1 aromatic rings. The first kappa shape index (κ1) is 12.4. The molecule has 1 aliphatic rings. The van der Waals surface area contributed by atoms with Crippen LogP contribution in [0.1, 0.15) is 30.6 Å². The molecule has 2 heterocycles. The Hall–Kier alpha value is -1.09. The van der Waals surface area contributed by atoms with Gasteiger partial charge < -0.3 is 4.90 Å². The molecule has 0 unspecified atom stereocenters. The molecule has 4 heteroatoms. The fourth-order valence-corrected chi connectivity index (χ4v) is 2.74. The van der Waals surface area contributed by atoms with E-state index < -0.39 is 0 Å². The Balaban J connectivity index is 2.17. The number of hydrogen-bond donors (Lipinski definition) is 0. The molecular weight excluding hydrogens is 236 g/mol. The molecule has 0 radical (unpaired) electrons. The molecule has 92 valence electrons. The van der Waals surface area contributed by atoms with Crippen LogP contribution in [0.4, 0.5) is 0 Å². The summed E-state index contributed by atoms with van der Waals surface area (Å²) in [5, 5.41) is 0.295. The van der Waals surface area contributed by atoms with E-state index in [1.54, 1.807) is 18.3 Å². The molecule has 2 atom stereocenters. The molecule has 0 bridgehead atoms. The lowest BCUT2D eigenvalue weighted by Gasteiger charge is -2.35. The number of carbonyl (C=O) groups is 1. The molecule has 1 aliphatic heterocycles. The summed E-state index contributed by atoms with van der Waals surface area (Å²) in [6.45, 7) is 5.99. The van der Waals surface area contributed by atoms with Gasteiger partial charge in [0, 0.05) is 19.3 Å². The summed E-state index contributed by atoms with van der Waals surface area (Å²) in [5.74, 6) is 1.11. The van der Waals surface area contributed by atoms with Crippen LogP contribution in [0, 0.1) is 11.8 Å². The normalized spacial score (nSPS) is 24.8. The van der Waals surface area contributed by atoms with Crippen LogP contribution >= 0.6 is 11.6 Å². The Kier molecular flexibility index (Phi) is 3.67. The molecule has 1 saturated heterocycles. The Morgan fingerprint density at radius 3 is 2.65 bits per heavy atom. The van der Waals surface area contributed by atoms with Crippen LogP contribution in [0.15, 0.2) is 18.3 Å². The lowest BCUT2D eigenvalue weighted by molar-refractivity contribution is 0.0623. The maximum Gasteiger partial charge on any atom is 0.257 e. The van der Waals surface area contributed by atoms with Crippen LogP contribution in [0.25, 0.3) is 0 Å². The zero-order chi connectivity index (χ0) is 12.4. The number of amides is 1. The molecule has 0 spiro atoms. The van der Waals surface area contributed by atoms with Crippen molar-refractivity contribution >= 4 is 17.5 Å². The number of rotatable bonds is 1. The van der Waals surface area contributed by atoms with Gasteiger partial charge >= 0.3 is 0 Å². The standard InChI is InChI=1S/C13H17ClN2O/c1-9-6-10(2)8-16(7-9)13(17)11-4-3-5-15-12(11)14/h3-5,9-10H,6-8H2,1-2H3/t9-,10-/m1/s1. The lowest BCUT2D eigenvalue weighted by Crippen LogP contribution is -2.42. The number of aromatic nitrogens is 1. The van der Waals surface area contributed by atoms with Crippen molar-refractivity contribution in [2.45, 2.75) is 20.3 Å². The van der Waals surface area contributed by atoms with Crippen molar-refractivity contribution in [1.29, 1.82) is 0 Å². The molecule has 0 aromatic carbocycles. The summed E-state index contributed by atoms with van der Waals surface area (Å²) >= 11 is 5.95. The van der Waals surface area contributed by atoms with Gasteiger partial charge in [0.1, 0.15) is 5.15 Å². The number of piperidine rings is 1. The number of likely N-dealkylation sites (tertiary alicyclic amines) is 1. The zero-order valence-corrected chi connectivity index (χ0v) is 10.9. The van der Waals surface area contributed by atoms with E-state index in [1.807, 2.05) is 4.90 Å². The maximum absolute atomic E-state index is 12.3. The lowest BCUT2D eigenvalue weighted by atomic mass is 9.91. The molecule has 1 fully saturated rings. The van der Waals surface area contributed by atoms with E-state index in [2.05, 4.69) is 18.8 Å². The van der Waals surface area contributed by atoms with Crippen LogP contribution in [0.2, 0.25) is 5.15 Å². The van der Waals surface area contributed by atoms with Gasteiger partial charge in [-0.2, -0.15) is 0 Å². The summed E-state index contributed by atoms with van der Waals surface area (Å²) in [7, 11) is 0. The van der Waals surface area contributed by atoms with Crippen molar-refractivity contribution in [2.24, 2.45) is 11.8 Å². The van der Waals surface area contributed by atoms with Gasteiger partial charge in [-0.3, -0.25) is 4.79 Å². The zero-order valence-electron chi connectivity index (χ0n) is 10.2. The Labute approximate surface area is 107 Å². The number of nitrogens with zero attached hydrogens (tertiary/aromatic N) is 2. The second kappa shape index (κ2) is 5.05. The fourth-order valence-electron chi connectivity index (χ4n) is 2.54. The van der Waals surface area contributed by atoms with Crippen molar-refractivity contribution < 1.29 is 4.79 Å². The minimum absolute atomic E-state index is 0.00139. The fraction of sp³-hybridized carbons (Fsp3) is 0.538. The Morgan fingerprint density at radius 2 is 2.06 bits per heavy atom. The quantitative estimate of drug-likeness (QED) is 0.720. The highest BCUT2D eigenvalue weighted by Gasteiger charge is 2.27. The van der Waals surface area contributed by atoms with E-state index in [9.17, 15) is 4.79 Å². The SMILES string of the molecule is C[C@@H]1C[C@@H](C)CN(C(=O)c2cccnc2Cl)C1. The minimum atomic E-state index is 0.00139. The van der Waals surface area contributed by atoms with Gasteiger partial charge in [-0.1, -0.05) is 25.4 Å². The number of pyridine rings is 1. The molecule has 0 N–H and O–H groups in total. The third-order valence-corrected chi connectivity index (χ3v) is 3.45. The van der Waals surface area contributed by atoms with Gasteiger partial charge in [0.2, 0.25) is 0 Å². The largest absolute Gasteiger partial charge is 0.338 e. The first-order valence-electron chi connectivity index (χ1n) is 5.97. The van der Waals surface area contributed by atoms with Crippen molar-refractivity contribution in [1.82, 2.24) is 9.88 Å². The van der Waals surface area contributed by atoms with E-state index >= 15 is 0 Å². The van der Waals surface area contributed by atoms with Crippen LogP contribution in [0.3, 0.4) is 0 Å². The van der Waals surface area contributed by atoms with E-state index in [-0.39, 0.29) is 5.91 Å². The van der Waals surface area contributed by atoms with Crippen molar-refractivity contribution in [3.05, 3.63) is 29.0 Å². The topological polar surface area (TPSA) is 33.2 Å². The molecule has 0 aliphatic carbocycles.